The van der Waals surface area contributed by atoms with Gasteiger partial charge in [-0.05, 0) is 50.5 Å². The van der Waals surface area contributed by atoms with E-state index >= 15 is 0 Å². The van der Waals surface area contributed by atoms with Crippen LogP contribution in [-0.2, 0) is 6.61 Å². The fourth-order valence-electron chi connectivity index (χ4n) is 2.12. The number of benzene rings is 3. The van der Waals surface area contributed by atoms with Crippen LogP contribution in [-0.4, -0.2) is 0 Å². The zero-order valence-corrected chi connectivity index (χ0v) is 14.0. The van der Waals surface area contributed by atoms with Crippen molar-refractivity contribution in [3.63, 3.8) is 0 Å². The van der Waals surface area contributed by atoms with Gasteiger partial charge in [-0.15, -0.1) is 0 Å². The van der Waals surface area contributed by atoms with Gasteiger partial charge >= 0.3 is 0 Å². The van der Waals surface area contributed by atoms with Crippen molar-refractivity contribution in [2.45, 2.75) is 6.61 Å². The molecule has 0 spiro atoms. The first-order valence-corrected chi connectivity index (χ1v) is 7.94. The molecule has 1 nitrogen and oxygen atoms in total. The number of rotatable bonds is 3. The smallest absolute Gasteiger partial charge is 0.134 e. The Bertz CT molecular complexity index is 802. The molecule has 0 N–H and O–H groups in total. The Hall–Kier alpha value is -1.22. The van der Waals surface area contributed by atoms with Crippen LogP contribution in [0.4, 0.5) is 0 Å². The number of fused-ring (bicyclic) bond motifs is 1. The van der Waals surface area contributed by atoms with Crippen LogP contribution in [0.1, 0.15) is 5.56 Å². The second-order valence-electron chi connectivity index (χ2n) is 4.64. The van der Waals surface area contributed by atoms with Crippen LogP contribution >= 0.6 is 39.1 Å². The zero-order valence-electron chi connectivity index (χ0n) is 10.9. The quantitative estimate of drug-likeness (QED) is 0.503. The lowest BCUT2D eigenvalue weighted by atomic mass is 10.1. The molecule has 3 aromatic rings. The predicted octanol–water partition coefficient (Wildman–Crippen LogP) is 6.49. The number of hydrogen-bond acceptors (Lipinski definition) is 1. The van der Waals surface area contributed by atoms with Crippen molar-refractivity contribution in [2.75, 3.05) is 0 Å². The third-order valence-corrected chi connectivity index (χ3v) is 4.76. The van der Waals surface area contributed by atoms with E-state index in [4.69, 9.17) is 27.9 Å². The summed E-state index contributed by atoms with van der Waals surface area (Å²) in [7, 11) is 0. The standard InChI is InChI=1S/C17H11BrCl2O/c18-17-13-4-2-1-3-12(13)6-8-16(17)21-10-11-5-7-14(19)15(20)9-11/h1-9H,10H2. The van der Waals surface area contributed by atoms with Gasteiger partial charge in [0.1, 0.15) is 12.4 Å². The maximum absolute atomic E-state index is 6.01. The van der Waals surface area contributed by atoms with Gasteiger partial charge in [0, 0.05) is 0 Å². The normalized spacial score (nSPS) is 10.8. The van der Waals surface area contributed by atoms with Gasteiger partial charge in [-0.2, -0.15) is 0 Å². The van der Waals surface area contributed by atoms with Gasteiger partial charge in [0.15, 0.2) is 0 Å². The molecule has 0 aromatic heterocycles. The maximum atomic E-state index is 6.01. The number of halogens is 3. The molecule has 0 atom stereocenters. The summed E-state index contributed by atoms with van der Waals surface area (Å²) in [6, 6.07) is 17.7. The first-order chi connectivity index (χ1) is 10.1. The third-order valence-electron chi connectivity index (χ3n) is 3.21. The first-order valence-electron chi connectivity index (χ1n) is 6.39. The highest BCUT2D eigenvalue weighted by Crippen LogP contribution is 2.33. The topological polar surface area (TPSA) is 9.23 Å². The molecule has 0 amide bonds. The minimum Gasteiger partial charge on any atom is -0.488 e. The average Bonchev–Trinajstić information content (AvgIpc) is 2.50. The van der Waals surface area contributed by atoms with E-state index in [2.05, 4.69) is 28.1 Å². The zero-order chi connectivity index (χ0) is 14.8. The summed E-state index contributed by atoms with van der Waals surface area (Å²) in [5, 5.41) is 3.39. The van der Waals surface area contributed by atoms with Gasteiger partial charge in [0.25, 0.3) is 0 Å². The summed E-state index contributed by atoms with van der Waals surface area (Å²) in [5.41, 5.74) is 0.976. The number of ether oxygens (including phenoxy) is 1. The Labute approximate surface area is 141 Å². The van der Waals surface area contributed by atoms with Crippen LogP contribution < -0.4 is 4.74 Å². The predicted molar refractivity (Wildman–Crippen MR) is 92.4 cm³/mol. The molecule has 0 saturated heterocycles. The van der Waals surface area contributed by atoms with E-state index < -0.39 is 0 Å². The molecule has 3 rings (SSSR count). The van der Waals surface area contributed by atoms with Crippen LogP contribution in [0.3, 0.4) is 0 Å². The molecule has 0 aliphatic carbocycles. The van der Waals surface area contributed by atoms with Crippen molar-refractivity contribution >= 4 is 49.9 Å². The molecule has 0 bridgehead atoms. The van der Waals surface area contributed by atoms with Crippen LogP contribution in [0, 0.1) is 0 Å². The molecular weight excluding hydrogens is 371 g/mol. The van der Waals surface area contributed by atoms with E-state index in [1.807, 2.05) is 36.4 Å². The van der Waals surface area contributed by atoms with Crippen LogP contribution in [0.15, 0.2) is 59.1 Å². The molecule has 3 aromatic carbocycles. The van der Waals surface area contributed by atoms with E-state index in [9.17, 15) is 0 Å². The van der Waals surface area contributed by atoms with E-state index in [1.54, 1.807) is 6.07 Å². The summed E-state index contributed by atoms with van der Waals surface area (Å²) in [6.45, 7) is 0.438. The molecule has 0 fully saturated rings. The highest BCUT2D eigenvalue weighted by atomic mass is 79.9. The minimum absolute atomic E-state index is 0.438. The van der Waals surface area contributed by atoms with Crippen LogP contribution in [0.25, 0.3) is 10.8 Å². The third kappa shape index (κ3) is 3.18. The Morgan fingerprint density at radius 1 is 0.905 bits per heavy atom. The van der Waals surface area contributed by atoms with Gasteiger partial charge in [0.2, 0.25) is 0 Å². The molecule has 0 radical (unpaired) electrons. The van der Waals surface area contributed by atoms with Gasteiger partial charge in [-0.1, -0.05) is 59.6 Å². The monoisotopic (exact) mass is 380 g/mol. The lowest BCUT2D eigenvalue weighted by Crippen LogP contribution is -1.96. The average molecular weight is 382 g/mol. The molecule has 0 heterocycles. The summed E-state index contributed by atoms with van der Waals surface area (Å²) >= 11 is 15.5. The summed E-state index contributed by atoms with van der Waals surface area (Å²) in [6.07, 6.45) is 0. The minimum atomic E-state index is 0.438. The van der Waals surface area contributed by atoms with Crippen molar-refractivity contribution in [1.29, 1.82) is 0 Å². The number of hydrogen-bond donors (Lipinski definition) is 0. The van der Waals surface area contributed by atoms with Gasteiger partial charge in [-0.25, -0.2) is 0 Å². The second-order valence-corrected chi connectivity index (χ2v) is 6.24. The highest BCUT2D eigenvalue weighted by molar-refractivity contribution is 9.10. The van der Waals surface area contributed by atoms with Crippen LogP contribution in [0.2, 0.25) is 10.0 Å². The van der Waals surface area contributed by atoms with E-state index in [1.165, 1.54) is 5.39 Å². The molecule has 106 valence electrons. The van der Waals surface area contributed by atoms with Gasteiger partial charge < -0.3 is 4.74 Å². The Kier molecular flexibility index (Phi) is 4.39. The van der Waals surface area contributed by atoms with E-state index in [-0.39, 0.29) is 0 Å². The molecule has 0 saturated carbocycles. The summed E-state index contributed by atoms with van der Waals surface area (Å²) in [5.74, 6) is 0.805. The van der Waals surface area contributed by atoms with E-state index in [0.29, 0.717) is 16.7 Å². The lowest BCUT2D eigenvalue weighted by molar-refractivity contribution is 0.305. The largest absolute Gasteiger partial charge is 0.488 e. The summed E-state index contributed by atoms with van der Waals surface area (Å²) in [4.78, 5) is 0. The molecule has 4 heteroatoms. The molecule has 21 heavy (non-hydrogen) atoms. The second kappa shape index (κ2) is 6.27. The van der Waals surface area contributed by atoms with Crippen molar-refractivity contribution in [3.05, 3.63) is 74.7 Å². The van der Waals surface area contributed by atoms with E-state index in [0.717, 1.165) is 21.2 Å². The van der Waals surface area contributed by atoms with Crippen molar-refractivity contribution in [2.24, 2.45) is 0 Å². The van der Waals surface area contributed by atoms with Gasteiger partial charge in [-0.3, -0.25) is 0 Å². The van der Waals surface area contributed by atoms with Crippen molar-refractivity contribution < 1.29 is 4.74 Å². The van der Waals surface area contributed by atoms with Crippen molar-refractivity contribution in [1.82, 2.24) is 0 Å². The SMILES string of the molecule is Clc1ccc(COc2ccc3ccccc3c2Br)cc1Cl. The maximum Gasteiger partial charge on any atom is 0.134 e. The Morgan fingerprint density at radius 2 is 1.71 bits per heavy atom. The fraction of sp³-hybridized carbons (Fsp3) is 0.0588. The Balaban J connectivity index is 1.85. The van der Waals surface area contributed by atoms with Gasteiger partial charge in [0.05, 0.1) is 14.5 Å². The molecule has 0 aliphatic rings. The molecule has 0 unspecified atom stereocenters. The van der Waals surface area contributed by atoms with Crippen LogP contribution in [0.5, 0.6) is 5.75 Å². The first kappa shape index (κ1) is 14.7. The fourth-order valence-corrected chi connectivity index (χ4v) is 3.04. The summed E-state index contributed by atoms with van der Waals surface area (Å²) < 4.78 is 6.84. The lowest BCUT2D eigenvalue weighted by Gasteiger charge is -2.11. The van der Waals surface area contributed by atoms with Crippen molar-refractivity contribution in [3.8, 4) is 5.75 Å². The molecular formula is C17H11BrCl2O. The highest BCUT2D eigenvalue weighted by Gasteiger charge is 2.07. The molecule has 0 aliphatic heterocycles. The Morgan fingerprint density at radius 3 is 2.52 bits per heavy atom.